The molecule has 150 valence electrons. The monoisotopic (exact) mass is 368 g/mol. The van der Waals surface area contributed by atoms with Crippen LogP contribution in [-0.4, -0.2) is 59.8 Å². The summed E-state index contributed by atoms with van der Waals surface area (Å²) in [4.78, 5) is 23.8. The summed E-state index contributed by atoms with van der Waals surface area (Å²) in [7, 11) is 0. The Morgan fingerprint density at radius 1 is 1.04 bits per heavy atom. The summed E-state index contributed by atoms with van der Waals surface area (Å²) in [6.07, 6.45) is 13.5. The van der Waals surface area contributed by atoms with Crippen LogP contribution in [0.25, 0.3) is 0 Å². The van der Waals surface area contributed by atoms with E-state index in [1.807, 2.05) is 6.92 Å². The Morgan fingerprint density at radius 2 is 1.62 bits per heavy atom. The zero-order chi connectivity index (χ0) is 18.9. The zero-order valence-corrected chi connectivity index (χ0v) is 16.3. The van der Waals surface area contributed by atoms with E-state index in [-0.39, 0.29) is 17.9 Å². The van der Waals surface area contributed by atoms with E-state index in [0.29, 0.717) is 0 Å². The minimum absolute atomic E-state index is 0.110. The summed E-state index contributed by atoms with van der Waals surface area (Å²) in [6, 6.07) is 0. The van der Waals surface area contributed by atoms with Gasteiger partial charge in [0.1, 0.15) is 5.60 Å². The van der Waals surface area contributed by atoms with Crippen molar-refractivity contribution in [2.45, 2.75) is 88.7 Å². The smallest absolute Gasteiger partial charge is 0.290 e. The lowest BCUT2D eigenvalue weighted by Crippen LogP contribution is -2.60. The van der Waals surface area contributed by atoms with Gasteiger partial charge >= 0.3 is 0 Å². The average molecular weight is 369 g/mol. The third kappa shape index (κ3) is 5.43. The van der Waals surface area contributed by atoms with Crippen LogP contribution in [0.5, 0.6) is 0 Å². The highest BCUT2D eigenvalue weighted by Gasteiger charge is 2.41. The van der Waals surface area contributed by atoms with Crippen LogP contribution in [0, 0.1) is 0 Å². The summed E-state index contributed by atoms with van der Waals surface area (Å²) in [6.45, 7) is 5.68. The fraction of sp³-hybridized carbons (Fsp3) is 0.900. The number of hydrogen-bond donors (Lipinski definition) is 2. The van der Waals surface area contributed by atoms with Crippen LogP contribution in [0.15, 0.2) is 0 Å². The van der Waals surface area contributed by atoms with E-state index < -0.39 is 5.60 Å². The van der Waals surface area contributed by atoms with Gasteiger partial charge in [-0.1, -0.05) is 25.7 Å². The number of carboxylic acid groups (broad SMARTS) is 1. The summed E-state index contributed by atoms with van der Waals surface area (Å²) in [5.41, 5.74) is -0.393. The average Bonchev–Trinajstić information content (AvgIpc) is 2.69. The second-order valence-electron chi connectivity index (χ2n) is 8.16. The van der Waals surface area contributed by atoms with Gasteiger partial charge in [0.25, 0.3) is 12.4 Å². The van der Waals surface area contributed by atoms with Crippen molar-refractivity contribution in [3.05, 3.63) is 0 Å². The molecule has 0 aromatic heterocycles. The highest BCUT2D eigenvalue weighted by atomic mass is 16.5. The van der Waals surface area contributed by atoms with Gasteiger partial charge in [-0.25, -0.2) is 0 Å². The Labute approximate surface area is 157 Å². The van der Waals surface area contributed by atoms with Gasteiger partial charge in [0.15, 0.2) is 0 Å². The van der Waals surface area contributed by atoms with Crippen molar-refractivity contribution in [2.75, 3.05) is 26.2 Å². The molecule has 1 amide bonds. The predicted molar refractivity (Wildman–Crippen MR) is 101 cm³/mol. The molecule has 3 aliphatic rings. The lowest BCUT2D eigenvalue weighted by molar-refractivity contribution is -0.151. The van der Waals surface area contributed by atoms with Gasteiger partial charge in [0, 0.05) is 18.7 Å². The quantitative estimate of drug-likeness (QED) is 0.746. The first kappa shape index (κ1) is 21.2. The van der Waals surface area contributed by atoms with Crippen molar-refractivity contribution in [1.82, 2.24) is 10.2 Å². The molecule has 0 aromatic rings. The number of ether oxygens (including phenoxy) is 1. The van der Waals surface area contributed by atoms with E-state index >= 15 is 0 Å². The fourth-order valence-electron chi connectivity index (χ4n) is 4.73. The molecule has 2 saturated heterocycles. The molecule has 1 saturated carbocycles. The van der Waals surface area contributed by atoms with E-state index in [4.69, 9.17) is 14.6 Å². The predicted octanol–water partition coefficient (Wildman–Crippen LogP) is 2.95. The van der Waals surface area contributed by atoms with Crippen LogP contribution < -0.4 is 5.32 Å². The number of amides is 1. The highest BCUT2D eigenvalue weighted by molar-refractivity contribution is 5.84. The Bertz CT molecular complexity index is 437. The number of carbonyl (C=O) groups is 2. The van der Waals surface area contributed by atoms with E-state index in [0.717, 1.165) is 32.4 Å². The van der Waals surface area contributed by atoms with Gasteiger partial charge in [0.05, 0.1) is 0 Å². The third-order valence-electron chi connectivity index (χ3n) is 6.34. The Hall–Kier alpha value is -1.14. The molecule has 1 aliphatic carbocycles. The van der Waals surface area contributed by atoms with Crippen molar-refractivity contribution in [1.29, 1.82) is 0 Å². The van der Waals surface area contributed by atoms with Gasteiger partial charge < -0.3 is 15.2 Å². The van der Waals surface area contributed by atoms with Crippen LogP contribution in [0.3, 0.4) is 0 Å². The van der Waals surface area contributed by atoms with Crippen LogP contribution in [0.2, 0.25) is 0 Å². The lowest BCUT2D eigenvalue weighted by atomic mass is 9.79. The van der Waals surface area contributed by atoms with Gasteiger partial charge in [-0.05, 0) is 65.0 Å². The molecule has 6 nitrogen and oxygen atoms in total. The number of likely N-dealkylation sites (tertiary alicyclic amines) is 1. The summed E-state index contributed by atoms with van der Waals surface area (Å²) >= 11 is 0. The number of rotatable bonds is 4. The Morgan fingerprint density at radius 3 is 2.19 bits per heavy atom. The molecule has 1 atom stereocenters. The van der Waals surface area contributed by atoms with Gasteiger partial charge in [0.2, 0.25) is 0 Å². The lowest BCUT2D eigenvalue weighted by Gasteiger charge is -2.48. The molecular formula is C20H36N2O4. The van der Waals surface area contributed by atoms with E-state index in [1.54, 1.807) is 0 Å². The van der Waals surface area contributed by atoms with E-state index in [2.05, 4.69) is 10.2 Å². The van der Waals surface area contributed by atoms with Gasteiger partial charge in [-0.3, -0.25) is 14.5 Å². The van der Waals surface area contributed by atoms with Gasteiger partial charge in [-0.2, -0.15) is 0 Å². The van der Waals surface area contributed by atoms with Crippen molar-refractivity contribution in [3.8, 4) is 0 Å². The SMILES string of the molecule is CC1(C(=O)NCC2(N3CCCCC3)CCCCC2)CCCCO1.O=CO. The van der Waals surface area contributed by atoms with Crippen molar-refractivity contribution in [2.24, 2.45) is 0 Å². The first-order chi connectivity index (χ1) is 12.6. The van der Waals surface area contributed by atoms with E-state index in [9.17, 15) is 4.79 Å². The van der Waals surface area contributed by atoms with Crippen molar-refractivity contribution in [3.63, 3.8) is 0 Å². The largest absolute Gasteiger partial charge is 0.483 e. The summed E-state index contributed by atoms with van der Waals surface area (Å²) in [5.74, 6) is 0.110. The van der Waals surface area contributed by atoms with E-state index in [1.165, 1.54) is 64.5 Å². The molecule has 0 spiro atoms. The van der Waals surface area contributed by atoms with Crippen LogP contribution in [0.1, 0.15) is 77.6 Å². The molecule has 2 heterocycles. The molecule has 3 rings (SSSR count). The minimum atomic E-state index is -0.601. The standard InChI is InChI=1S/C19H34N2O2.CH2O2/c1-18(10-6-9-15-23-18)17(22)20-16-19(11-4-2-5-12-19)21-13-7-3-8-14-21;2-1-3/h2-16H2,1H3,(H,20,22);1H,(H,2,3). The molecule has 6 heteroatoms. The van der Waals surface area contributed by atoms with Crippen LogP contribution >= 0.6 is 0 Å². The molecule has 26 heavy (non-hydrogen) atoms. The van der Waals surface area contributed by atoms with Crippen LogP contribution in [-0.2, 0) is 14.3 Å². The molecule has 3 fully saturated rings. The van der Waals surface area contributed by atoms with Crippen molar-refractivity contribution < 1.29 is 19.4 Å². The molecule has 2 aliphatic heterocycles. The van der Waals surface area contributed by atoms with Crippen LogP contribution in [0.4, 0.5) is 0 Å². The topological polar surface area (TPSA) is 78.9 Å². The first-order valence-corrected chi connectivity index (χ1v) is 10.3. The fourth-order valence-corrected chi connectivity index (χ4v) is 4.73. The van der Waals surface area contributed by atoms with Crippen molar-refractivity contribution >= 4 is 12.4 Å². The number of nitrogens with one attached hydrogen (secondary N) is 1. The maximum Gasteiger partial charge on any atom is 0.290 e. The maximum absolute atomic E-state index is 12.7. The number of nitrogens with zero attached hydrogens (tertiary/aromatic N) is 1. The van der Waals surface area contributed by atoms with Gasteiger partial charge in [-0.15, -0.1) is 0 Å². The number of hydrogen-bond acceptors (Lipinski definition) is 4. The highest BCUT2D eigenvalue weighted by Crippen LogP contribution is 2.35. The number of piperidine rings is 1. The third-order valence-corrected chi connectivity index (χ3v) is 6.34. The molecule has 0 aromatic carbocycles. The Balaban J connectivity index is 0.000000758. The second-order valence-corrected chi connectivity index (χ2v) is 8.16. The summed E-state index contributed by atoms with van der Waals surface area (Å²) in [5, 5.41) is 10.2. The Kier molecular flexibility index (Phi) is 8.35. The number of carbonyl (C=O) groups excluding carboxylic acids is 1. The first-order valence-electron chi connectivity index (χ1n) is 10.3. The molecule has 1 unspecified atom stereocenters. The second kappa shape index (κ2) is 10.3. The zero-order valence-electron chi connectivity index (χ0n) is 16.3. The molecule has 0 radical (unpaired) electrons. The molecule has 0 bridgehead atoms. The summed E-state index contributed by atoms with van der Waals surface area (Å²) < 4.78 is 5.82. The molecule has 2 N–H and O–H groups in total. The minimum Gasteiger partial charge on any atom is -0.483 e. The molecular weight excluding hydrogens is 332 g/mol. The normalized spacial score (nSPS) is 29.1. The maximum atomic E-state index is 12.7.